The van der Waals surface area contributed by atoms with Crippen molar-refractivity contribution in [2.75, 3.05) is 11.5 Å². The van der Waals surface area contributed by atoms with E-state index in [1.165, 1.54) is 11.1 Å². The quantitative estimate of drug-likeness (QED) is 0.0468. The fourth-order valence-electron chi connectivity index (χ4n) is 10.0. The van der Waals surface area contributed by atoms with Crippen LogP contribution in [0.5, 0.6) is 5.75 Å². The molecular formula is C46H60F5O6PS. The van der Waals surface area contributed by atoms with Gasteiger partial charge in [-0.2, -0.15) is 22.0 Å². The van der Waals surface area contributed by atoms with Crippen molar-refractivity contribution in [3.05, 3.63) is 101 Å². The molecule has 6 rings (SSSR count). The number of aliphatic hydroxyl groups excluding tert-OH is 1. The number of alkyl halides is 5. The first-order valence-electron chi connectivity index (χ1n) is 21.4. The van der Waals surface area contributed by atoms with Crippen LogP contribution in [-0.4, -0.2) is 39.4 Å². The van der Waals surface area contributed by atoms with Gasteiger partial charge in [-0.05, 0) is 121 Å². The summed E-state index contributed by atoms with van der Waals surface area (Å²) in [6.45, 7) is 2.43. The number of aliphatic hydroxyl groups is 1. The minimum Gasteiger partial charge on any atom is -0.616 e. The van der Waals surface area contributed by atoms with Crippen molar-refractivity contribution in [3.8, 4) is 5.75 Å². The van der Waals surface area contributed by atoms with Gasteiger partial charge in [0.15, 0.2) is 0 Å². The van der Waals surface area contributed by atoms with Gasteiger partial charge in [0.25, 0.3) is 0 Å². The monoisotopic (exact) mass is 866 g/mol. The Balaban J connectivity index is 1.04. The summed E-state index contributed by atoms with van der Waals surface area (Å²) < 4.78 is 108. The van der Waals surface area contributed by atoms with Crippen LogP contribution in [0.3, 0.4) is 0 Å². The maximum atomic E-state index is 14.2. The highest BCUT2D eigenvalue weighted by molar-refractivity contribution is 7.91. The van der Waals surface area contributed by atoms with Gasteiger partial charge in [-0.1, -0.05) is 117 Å². The van der Waals surface area contributed by atoms with E-state index in [4.69, 9.17) is 13.6 Å². The van der Waals surface area contributed by atoms with Gasteiger partial charge < -0.3 is 14.2 Å². The summed E-state index contributed by atoms with van der Waals surface area (Å²) in [5.41, 5.74) is 4.17. The van der Waals surface area contributed by atoms with E-state index < -0.39 is 43.9 Å². The highest BCUT2D eigenvalue weighted by Gasteiger charge is 2.57. The van der Waals surface area contributed by atoms with Crippen LogP contribution in [0, 0.1) is 23.2 Å². The van der Waals surface area contributed by atoms with E-state index in [0.717, 1.165) is 88.2 Å². The summed E-state index contributed by atoms with van der Waals surface area (Å²) in [5.74, 6) is -2.37. The Morgan fingerprint density at radius 2 is 1.39 bits per heavy atom. The molecule has 2 fully saturated rings. The molecule has 0 aliphatic heterocycles. The number of fused-ring (bicyclic) bond motifs is 5. The molecule has 13 heteroatoms. The van der Waals surface area contributed by atoms with E-state index in [9.17, 15) is 36.2 Å². The number of hydrogen-bond acceptors (Lipinski definition) is 6. The number of unbranched alkanes of at least 4 members (excludes halogenated alkanes) is 6. The Hall–Kier alpha value is -2.47. The summed E-state index contributed by atoms with van der Waals surface area (Å²) in [4.78, 5) is 0. The van der Waals surface area contributed by atoms with Gasteiger partial charge in [0.1, 0.15) is 17.3 Å². The van der Waals surface area contributed by atoms with Gasteiger partial charge in [0.05, 0.1) is 19.3 Å². The number of benzene rings is 3. The highest BCUT2D eigenvalue weighted by atomic mass is 32.2. The second kappa shape index (κ2) is 20.6. The summed E-state index contributed by atoms with van der Waals surface area (Å²) in [6.07, 6.45) is 4.96. The highest BCUT2D eigenvalue weighted by Crippen LogP contribution is 2.63. The van der Waals surface area contributed by atoms with Crippen molar-refractivity contribution in [2.45, 2.75) is 141 Å². The Morgan fingerprint density at radius 3 is 2.02 bits per heavy atom. The van der Waals surface area contributed by atoms with Crippen molar-refractivity contribution in [3.63, 3.8) is 0 Å². The van der Waals surface area contributed by atoms with Crippen LogP contribution in [0.15, 0.2) is 78.9 Å². The fraction of sp³-hybridized carbons (Fsp3) is 0.609. The lowest BCUT2D eigenvalue weighted by Gasteiger charge is -2.53. The first-order valence-corrected chi connectivity index (χ1v) is 24.4. The van der Waals surface area contributed by atoms with Crippen molar-refractivity contribution in [1.82, 2.24) is 0 Å². The number of phosphoric ester groups is 1. The summed E-state index contributed by atoms with van der Waals surface area (Å²) in [5, 5.41) is 11.1. The van der Waals surface area contributed by atoms with Crippen molar-refractivity contribution < 1.29 is 49.7 Å². The van der Waals surface area contributed by atoms with Gasteiger partial charge in [-0.25, -0.2) is 4.57 Å². The zero-order chi connectivity index (χ0) is 42.1. The smallest absolute Gasteiger partial charge is 0.530 e. The van der Waals surface area contributed by atoms with E-state index in [1.54, 1.807) is 0 Å². The number of rotatable bonds is 22. The molecule has 3 aromatic rings. The molecule has 7 atom stereocenters. The molecule has 3 aromatic carbocycles. The van der Waals surface area contributed by atoms with Gasteiger partial charge in [-0.3, -0.25) is 9.05 Å². The van der Waals surface area contributed by atoms with E-state index >= 15 is 0 Å². The zero-order valence-corrected chi connectivity index (χ0v) is 35.8. The maximum Gasteiger partial charge on any atom is 0.530 e. The zero-order valence-electron chi connectivity index (χ0n) is 34.1. The molecule has 0 bridgehead atoms. The van der Waals surface area contributed by atoms with Crippen LogP contribution in [-0.2, 0) is 44.4 Å². The molecule has 326 valence electrons. The number of phosphoric acid groups is 1. The predicted octanol–water partition coefficient (Wildman–Crippen LogP) is 12.9. The standard InChI is InChI=1S/C46H60F5O6PS/c1-44-27-25-40-39-22-21-38(57-58(53,55-32-34-16-9-7-10-17-34)56-33-35-18-11-8-12-19-35)31-37(39)30-36(43(40)41(44)23-24-42(44)52)20-13-5-3-2-4-6-14-28-59(54)29-15-26-45(47,48)46(49,50)51/h7-12,16-19,21-22,31,36,40-43,52H,2-6,13-15,20,23-30,32-33H2,1H3/t36-,40-,41+,42+,43-,44+,59?/m1/s1. The van der Waals surface area contributed by atoms with E-state index in [2.05, 4.69) is 13.0 Å². The third-order valence-electron chi connectivity index (χ3n) is 13.2. The average molecular weight is 867 g/mol. The van der Waals surface area contributed by atoms with Crippen LogP contribution in [0.1, 0.15) is 125 Å². The second-order valence-corrected chi connectivity index (χ2v) is 20.5. The largest absolute Gasteiger partial charge is 0.616 e. The SMILES string of the molecule is C[C@]12CC[C@@H]3c4ccc(OP(=O)(OCc5ccccc5)OCc5ccccc5)cc4C[C@@H](CCCCCCCCC[S+]([O-])CCCC(F)(F)C(F)(F)F)[C@H]3[C@@H]1CC[C@@H]2O. The molecule has 2 saturated carbocycles. The van der Waals surface area contributed by atoms with Gasteiger partial charge in [-0.15, -0.1) is 0 Å². The minimum absolute atomic E-state index is 0.0688. The molecule has 0 radical (unpaired) electrons. The van der Waals surface area contributed by atoms with Crippen LogP contribution in [0.25, 0.3) is 0 Å². The second-order valence-electron chi connectivity index (χ2n) is 17.2. The van der Waals surface area contributed by atoms with Crippen LogP contribution in [0.4, 0.5) is 22.0 Å². The van der Waals surface area contributed by atoms with E-state index in [-0.39, 0.29) is 30.5 Å². The molecule has 3 aliphatic rings. The molecule has 59 heavy (non-hydrogen) atoms. The first-order chi connectivity index (χ1) is 28.2. The van der Waals surface area contributed by atoms with Crippen molar-refractivity contribution >= 4 is 19.0 Å². The number of hydrogen-bond donors (Lipinski definition) is 1. The van der Waals surface area contributed by atoms with Crippen LogP contribution in [0.2, 0.25) is 0 Å². The van der Waals surface area contributed by atoms with Crippen molar-refractivity contribution in [1.29, 1.82) is 0 Å². The van der Waals surface area contributed by atoms with Crippen LogP contribution < -0.4 is 4.52 Å². The average Bonchev–Trinajstić information content (AvgIpc) is 3.52. The Kier molecular flexibility index (Phi) is 16.1. The first kappa shape index (κ1) is 46.0. The molecule has 3 aliphatic carbocycles. The van der Waals surface area contributed by atoms with E-state index in [0.29, 0.717) is 41.6 Å². The molecule has 1 unspecified atom stereocenters. The molecule has 6 nitrogen and oxygen atoms in total. The lowest BCUT2D eigenvalue weighted by Crippen LogP contribution is -2.47. The Labute approximate surface area is 349 Å². The summed E-state index contributed by atoms with van der Waals surface area (Å²) >= 11 is -1.40. The third kappa shape index (κ3) is 12.1. The normalized spacial score (nSPS) is 24.9. The lowest BCUT2D eigenvalue weighted by molar-refractivity contribution is -0.284. The maximum absolute atomic E-state index is 14.2. The molecular weight excluding hydrogens is 807 g/mol. The molecule has 0 heterocycles. The molecule has 0 aromatic heterocycles. The summed E-state index contributed by atoms with van der Waals surface area (Å²) in [6, 6.07) is 25.1. The minimum atomic E-state index is -5.57. The van der Waals surface area contributed by atoms with E-state index in [1.807, 2.05) is 72.8 Å². The summed E-state index contributed by atoms with van der Waals surface area (Å²) in [7, 11) is -4.04. The lowest BCUT2D eigenvalue weighted by atomic mass is 9.52. The van der Waals surface area contributed by atoms with Gasteiger partial charge in [0.2, 0.25) is 0 Å². The molecule has 1 N–H and O–H groups in total. The fourth-order valence-corrected chi connectivity index (χ4v) is 12.4. The van der Waals surface area contributed by atoms with Gasteiger partial charge >= 0.3 is 19.9 Å². The Bertz CT molecular complexity index is 1750. The molecule has 0 saturated heterocycles. The van der Waals surface area contributed by atoms with Crippen molar-refractivity contribution in [2.24, 2.45) is 23.2 Å². The topological polar surface area (TPSA) is 88.1 Å². The molecule has 0 amide bonds. The van der Waals surface area contributed by atoms with Gasteiger partial charge in [0, 0.05) is 6.42 Å². The number of halogens is 5. The predicted molar refractivity (Wildman–Crippen MR) is 222 cm³/mol. The Morgan fingerprint density at radius 1 is 0.797 bits per heavy atom. The molecule has 0 spiro atoms. The third-order valence-corrected chi connectivity index (χ3v) is 16.0. The van der Waals surface area contributed by atoms with Crippen LogP contribution >= 0.6 is 7.82 Å².